The molecule has 2 atom stereocenters. The fraction of sp³-hybridized carbons (Fsp3) is 0.455. The molecule has 0 saturated carbocycles. The van der Waals surface area contributed by atoms with Crippen LogP contribution >= 0.6 is 0 Å². The van der Waals surface area contributed by atoms with Crippen LogP contribution in [0.1, 0.15) is 24.0 Å². The van der Waals surface area contributed by atoms with Gasteiger partial charge in [0.2, 0.25) is 0 Å². The summed E-state index contributed by atoms with van der Waals surface area (Å²) in [4.78, 5) is 2.41. The van der Waals surface area contributed by atoms with Crippen LogP contribution < -0.4 is 4.74 Å². The molecule has 26 heavy (non-hydrogen) atoms. The summed E-state index contributed by atoms with van der Waals surface area (Å²) in [5, 5.41) is 10.4. The summed E-state index contributed by atoms with van der Waals surface area (Å²) in [6.07, 6.45) is 3.01. The van der Waals surface area contributed by atoms with E-state index in [-0.39, 0.29) is 0 Å². The van der Waals surface area contributed by atoms with Crippen LogP contribution in [0.4, 0.5) is 0 Å². The second kappa shape index (κ2) is 9.72. The van der Waals surface area contributed by atoms with Crippen molar-refractivity contribution in [3.63, 3.8) is 0 Å². The molecule has 2 aromatic rings. The molecule has 1 fully saturated rings. The molecule has 1 heterocycles. The van der Waals surface area contributed by atoms with Crippen LogP contribution in [-0.4, -0.2) is 49.0 Å². The van der Waals surface area contributed by atoms with Gasteiger partial charge in [0, 0.05) is 12.6 Å². The molecule has 4 heteroatoms. The summed E-state index contributed by atoms with van der Waals surface area (Å²) in [6.45, 7) is 2.61. The minimum absolute atomic E-state index is 0.362. The van der Waals surface area contributed by atoms with Gasteiger partial charge >= 0.3 is 0 Å². The Labute approximate surface area is 156 Å². The van der Waals surface area contributed by atoms with E-state index < -0.39 is 6.10 Å². The van der Waals surface area contributed by atoms with Gasteiger partial charge in [-0.1, -0.05) is 42.5 Å². The van der Waals surface area contributed by atoms with Gasteiger partial charge in [0.15, 0.2) is 0 Å². The maximum Gasteiger partial charge on any atom is 0.118 e. The number of β-amino-alcohol motifs (C(OH)–C–C–N with tert-alkyl or cyclic N) is 1. The average Bonchev–Trinajstić information content (AvgIpc) is 3.09. The van der Waals surface area contributed by atoms with E-state index in [1.807, 2.05) is 24.3 Å². The molecular weight excluding hydrogens is 326 g/mol. The molecule has 0 amide bonds. The van der Waals surface area contributed by atoms with Crippen LogP contribution in [-0.2, 0) is 17.8 Å². The third kappa shape index (κ3) is 5.56. The number of aliphatic hydroxyl groups is 1. The van der Waals surface area contributed by atoms with Crippen LogP contribution in [0.5, 0.6) is 5.75 Å². The second-order valence-electron chi connectivity index (χ2n) is 7.00. The number of ether oxygens (including phenoxy) is 2. The molecule has 3 rings (SSSR count). The molecule has 1 aliphatic heterocycles. The van der Waals surface area contributed by atoms with E-state index in [2.05, 4.69) is 35.2 Å². The molecular formula is C22H29NO3. The standard InChI is InChI=1S/C22H29NO3/c1-25-22-11-9-19(10-12-22)16-26-17-21(24)15-23-13-5-8-20(23)14-18-6-3-2-4-7-18/h2-4,6-7,9-12,20-21,24H,5,8,13-17H2,1H3/t20-,21+/m1/s1. The quantitative estimate of drug-likeness (QED) is 0.750. The van der Waals surface area contributed by atoms with Gasteiger partial charge in [-0.25, -0.2) is 0 Å². The average molecular weight is 355 g/mol. The van der Waals surface area contributed by atoms with E-state index >= 15 is 0 Å². The highest BCUT2D eigenvalue weighted by atomic mass is 16.5. The Morgan fingerprint density at radius 1 is 1.08 bits per heavy atom. The number of rotatable bonds is 9. The Morgan fingerprint density at radius 3 is 2.58 bits per heavy atom. The van der Waals surface area contributed by atoms with E-state index in [0.29, 0.717) is 25.8 Å². The van der Waals surface area contributed by atoms with Crippen molar-refractivity contribution in [1.82, 2.24) is 4.90 Å². The van der Waals surface area contributed by atoms with Gasteiger partial charge < -0.3 is 14.6 Å². The highest BCUT2D eigenvalue weighted by Crippen LogP contribution is 2.21. The lowest BCUT2D eigenvalue weighted by atomic mass is 10.0. The van der Waals surface area contributed by atoms with E-state index in [1.165, 1.54) is 18.4 Å². The first-order valence-corrected chi connectivity index (χ1v) is 9.41. The molecule has 140 valence electrons. The third-order valence-electron chi connectivity index (χ3n) is 5.00. The zero-order valence-electron chi connectivity index (χ0n) is 15.5. The largest absolute Gasteiger partial charge is 0.497 e. The fourth-order valence-corrected chi connectivity index (χ4v) is 3.61. The third-order valence-corrected chi connectivity index (χ3v) is 5.00. The normalized spacial score (nSPS) is 18.8. The Balaban J connectivity index is 1.41. The summed E-state index contributed by atoms with van der Waals surface area (Å²) in [5.41, 5.74) is 2.45. The maximum absolute atomic E-state index is 10.4. The molecule has 1 aliphatic rings. The predicted molar refractivity (Wildman–Crippen MR) is 103 cm³/mol. The number of nitrogens with zero attached hydrogens (tertiary/aromatic N) is 1. The van der Waals surface area contributed by atoms with Gasteiger partial charge in [-0.2, -0.15) is 0 Å². The van der Waals surface area contributed by atoms with Crippen LogP contribution in [0.3, 0.4) is 0 Å². The van der Waals surface area contributed by atoms with Gasteiger partial charge in [-0.05, 0) is 49.1 Å². The minimum Gasteiger partial charge on any atom is -0.497 e. The smallest absolute Gasteiger partial charge is 0.118 e. The van der Waals surface area contributed by atoms with Crippen LogP contribution in [0.25, 0.3) is 0 Å². The summed E-state index contributed by atoms with van der Waals surface area (Å²) in [7, 11) is 1.66. The Bertz CT molecular complexity index is 644. The highest BCUT2D eigenvalue weighted by molar-refractivity contribution is 5.26. The van der Waals surface area contributed by atoms with Crippen molar-refractivity contribution >= 4 is 0 Å². The van der Waals surface area contributed by atoms with Gasteiger partial charge in [-0.3, -0.25) is 4.90 Å². The summed E-state index contributed by atoms with van der Waals surface area (Å²) in [6, 6.07) is 19.0. The van der Waals surface area contributed by atoms with Crippen molar-refractivity contribution in [2.24, 2.45) is 0 Å². The van der Waals surface area contributed by atoms with Crippen molar-refractivity contribution in [2.45, 2.75) is 38.0 Å². The minimum atomic E-state index is -0.454. The molecule has 0 bridgehead atoms. The number of hydrogen-bond donors (Lipinski definition) is 1. The van der Waals surface area contributed by atoms with Gasteiger partial charge in [0.25, 0.3) is 0 Å². The molecule has 1 saturated heterocycles. The van der Waals surface area contributed by atoms with E-state index in [0.717, 1.165) is 24.3 Å². The summed E-state index contributed by atoms with van der Waals surface area (Å²) in [5.74, 6) is 0.840. The SMILES string of the molecule is COc1ccc(COC[C@@H](O)CN2CCC[C@@H]2Cc2ccccc2)cc1. The van der Waals surface area contributed by atoms with E-state index in [1.54, 1.807) is 7.11 Å². The number of methoxy groups -OCH3 is 1. The zero-order valence-corrected chi connectivity index (χ0v) is 15.5. The molecule has 0 aliphatic carbocycles. The monoisotopic (exact) mass is 355 g/mol. The molecule has 0 spiro atoms. The lowest BCUT2D eigenvalue weighted by molar-refractivity contribution is 0.00788. The van der Waals surface area contributed by atoms with Crippen molar-refractivity contribution in [1.29, 1.82) is 0 Å². The Morgan fingerprint density at radius 2 is 1.85 bits per heavy atom. The van der Waals surface area contributed by atoms with E-state index in [9.17, 15) is 5.11 Å². The zero-order chi connectivity index (χ0) is 18.2. The first-order chi connectivity index (χ1) is 12.7. The highest BCUT2D eigenvalue weighted by Gasteiger charge is 2.26. The topological polar surface area (TPSA) is 41.9 Å². The number of aliphatic hydroxyl groups excluding tert-OH is 1. The maximum atomic E-state index is 10.4. The van der Waals surface area contributed by atoms with Crippen molar-refractivity contribution in [2.75, 3.05) is 26.8 Å². The molecule has 0 aromatic heterocycles. The molecule has 0 unspecified atom stereocenters. The van der Waals surface area contributed by atoms with Crippen molar-refractivity contribution in [3.8, 4) is 5.75 Å². The lowest BCUT2D eigenvalue weighted by Gasteiger charge is -2.27. The second-order valence-corrected chi connectivity index (χ2v) is 7.00. The molecule has 1 N–H and O–H groups in total. The van der Waals surface area contributed by atoms with Crippen molar-refractivity contribution in [3.05, 3.63) is 65.7 Å². The lowest BCUT2D eigenvalue weighted by Crippen LogP contribution is -2.39. The van der Waals surface area contributed by atoms with Gasteiger partial charge in [0.05, 0.1) is 26.4 Å². The molecule has 4 nitrogen and oxygen atoms in total. The first kappa shape index (κ1) is 18.9. The Kier molecular flexibility index (Phi) is 7.06. The van der Waals surface area contributed by atoms with Crippen LogP contribution in [0, 0.1) is 0 Å². The molecule has 0 radical (unpaired) electrons. The van der Waals surface area contributed by atoms with Gasteiger partial charge in [0.1, 0.15) is 5.75 Å². The van der Waals surface area contributed by atoms with Crippen LogP contribution in [0.15, 0.2) is 54.6 Å². The first-order valence-electron chi connectivity index (χ1n) is 9.41. The number of likely N-dealkylation sites (tertiary alicyclic amines) is 1. The van der Waals surface area contributed by atoms with E-state index in [4.69, 9.17) is 9.47 Å². The number of hydrogen-bond acceptors (Lipinski definition) is 4. The fourth-order valence-electron chi connectivity index (χ4n) is 3.61. The summed E-state index contributed by atoms with van der Waals surface area (Å²) >= 11 is 0. The van der Waals surface area contributed by atoms with Crippen LogP contribution in [0.2, 0.25) is 0 Å². The van der Waals surface area contributed by atoms with Gasteiger partial charge in [-0.15, -0.1) is 0 Å². The predicted octanol–water partition coefficient (Wildman–Crippen LogP) is 3.28. The van der Waals surface area contributed by atoms with Crippen molar-refractivity contribution < 1.29 is 14.6 Å². The summed E-state index contributed by atoms with van der Waals surface area (Å²) < 4.78 is 10.9. The number of benzene rings is 2. The molecule has 2 aromatic carbocycles. The Hall–Kier alpha value is -1.88.